The van der Waals surface area contributed by atoms with E-state index in [0.29, 0.717) is 18.7 Å². The number of nitrogens with one attached hydrogen (secondary N) is 1. The summed E-state index contributed by atoms with van der Waals surface area (Å²) in [7, 11) is 0. The highest BCUT2D eigenvalue weighted by Crippen LogP contribution is 2.34. The molecule has 1 aliphatic carbocycles. The quantitative estimate of drug-likeness (QED) is 0.819. The van der Waals surface area contributed by atoms with Gasteiger partial charge in [-0.05, 0) is 31.8 Å². The summed E-state index contributed by atoms with van der Waals surface area (Å²) >= 11 is 6.12. The van der Waals surface area contributed by atoms with Crippen LogP contribution in [0.25, 0.3) is 0 Å². The maximum absolute atomic E-state index is 12.6. The van der Waals surface area contributed by atoms with Gasteiger partial charge in [0.15, 0.2) is 0 Å². The zero-order valence-electron chi connectivity index (χ0n) is 12.8. The van der Waals surface area contributed by atoms with Gasteiger partial charge in [-0.25, -0.2) is 4.79 Å². The zero-order valence-corrected chi connectivity index (χ0v) is 13.6. The highest BCUT2D eigenvalue weighted by atomic mass is 35.5. The van der Waals surface area contributed by atoms with Gasteiger partial charge in [0, 0.05) is 13.1 Å². The molecule has 0 atom stereocenters. The Morgan fingerprint density at radius 1 is 1.24 bits per heavy atom. The van der Waals surface area contributed by atoms with E-state index in [1.165, 1.54) is 4.57 Å². The molecule has 0 aromatic carbocycles. The number of H-pyrrole nitrogens is 1. The molecular formula is C15H24ClN3O2. The molecule has 0 radical (unpaired) electrons. The molecule has 0 unspecified atom stereocenters. The average Bonchev–Trinajstić information content (AvgIpc) is 2.96. The number of aromatic amines is 1. The van der Waals surface area contributed by atoms with Gasteiger partial charge in [0.1, 0.15) is 5.15 Å². The Labute approximate surface area is 129 Å². The molecule has 2 rings (SSSR count). The summed E-state index contributed by atoms with van der Waals surface area (Å²) in [5, 5.41) is 0.232. The number of rotatable bonds is 6. The lowest BCUT2D eigenvalue weighted by atomic mass is 10.0. The fourth-order valence-corrected chi connectivity index (χ4v) is 3.43. The Balaban J connectivity index is 2.30. The van der Waals surface area contributed by atoms with Crippen molar-refractivity contribution in [2.24, 2.45) is 0 Å². The van der Waals surface area contributed by atoms with Crippen molar-refractivity contribution in [3.05, 3.63) is 31.6 Å². The summed E-state index contributed by atoms with van der Waals surface area (Å²) in [4.78, 5) is 29.5. The van der Waals surface area contributed by atoms with E-state index < -0.39 is 5.69 Å². The molecule has 0 bridgehead atoms. The number of halogens is 1. The SMILES string of the molecule is CCN(CC)CCn1c(=O)[nH]c(Cl)c(C2CCCC2)c1=O. The summed E-state index contributed by atoms with van der Waals surface area (Å²) < 4.78 is 1.30. The maximum atomic E-state index is 12.6. The van der Waals surface area contributed by atoms with Crippen LogP contribution in [-0.4, -0.2) is 34.1 Å². The van der Waals surface area contributed by atoms with Crippen LogP contribution in [0.15, 0.2) is 9.59 Å². The van der Waals surface area contributed by atoms with E-state index in [0.717, 1.165) is 38.8 Å². The summed E-state index contributed by atoms with van der Waals surface area (Å²) in [6.45, 7) is 7.07. The standard InChI is InChI=1S/C15H24ClN3O2/c1-3-18(4-2)9-10-19-14(20)12(11-7-5-6-8-11)13(16)17-15(19)21/h11H,3-10H2,1-2H3,(H,17,21). The zero-order chi connectivity index (χ0) is 15.4. The topological polar surface area (TPSA) is 58.1 Å². The van der Waals surface area contributed by atoms with Crippen LogP contribution in [0.5, 0.6) is 0 Å². The van der Waals surface area contributed by atoms with Gasteiger partial charge in [0.05, 0.1) is 5.56 Å². The normalized spacial score (nSPS) is 16.0. The third kappa shape index (κ3) is 3.58. The second-order valence-corrected chi connectivity index (χ2v) is 6.00. The third-order valence-corrected chi connectivity index (χ3v) is 4.77. The van der Waals surface area contributed by atoms with Crippen LogP contribution in [-0.2, 0) is 6.54 Å². The fourth-order valence-electron chi connectivity index (χ4n) is 3.11. The minimum atomic E-state index is -0.404. The molecule has 5 nitrogen and oxygen atoms in total. The maximum Gasteiger partial charge on any atom is 0.329 e. The number of nitrogens with zero attached hydrogens (tertiary/aromatic N) is 2. The van der Waals surface area contributed by atoms with Crippen molar-refractivity contribution in [3.63, 3.8) is 0 Å². The predicted octanol–water partition coefficient (Wildman–Crippen LogP) is 2.19. The second-order valence-electron chi connectivity index (χ2n) is 5.62. The van der Waals surface area contributed by atoms with E-state index in [2.05, 4.69) is 23.7 Å². The highest BCUT2D eigenvalue weighted by molar-refractivity contribution is 6.30. The van der Waals surface area contributed by atoms with Crippen LogP contribution >= 0.6 is 11.6 Å². The lowest BCUT2D eigenvalue weighted by molar-refractivity contribution is 0.286. The molecule has 118 valence electrons. The average molecular weight is 314 g/mol. The Hall–Kier alpha value is -1.07. The Bertz CT molecular complexity index is 584. The smallest absolute Gasteiger partial charge is 0.302 e. The molecule has 1 aromatic rings. The molecular weight excluding hydrogens is 290 g/mol. The van der Waals surface area contributed by atoms with Crippen molar-refractivity contribution in [2.45, 2.75) is 52.0 Å². The molecule has 1 heterocycles. The lowest BCUT2D eigenvalue weighted by Crippen LogP contribution is -2.41. The fraction of sp³-hybridized carbons (Fsp3) is 0.733. The minimum Gasteiger partial charge on any atom is -0.302 e. The largest absolute Gasteiger partial charge is 0.329 e. The van der Waals surface area contributed by atoms with Crippen molar-refractivity contribution >= 4 is 11.6 Å². The van der Waals surface area contributed by atoms with E-state index in [1.54, 1.807) is 0 Å². The van der Waals surface area contributed by atoms with Crippen molar-refractivity contribution in [1.82, 2.24) is 14.5 Å². The highest BCUT2D eigenvalue weighted by Gasteiger charge is 2.24. The molecule has 21 heavy (non-hydrogen) atoms. The van der Waals surface area contributed by atoms with E-state index in [1.807, 2.05) is 0 Å². The first-order valence-electron chi connectivity index (χ1n) is 7.83. The summed E-state index contributed by atoms with van der Waals surface area (Å²) in [6, 6.07) is 0. The Morgan fingerprint density at radius 2 is 1.86 bits per heavy atom. The van der Waals surface area contributed by atoms with Crippen molar-refractivity contribution in [1.29, 1.82) is 0 Å². The number of hydrogen-bond donors (Lipinski definition) is 1. The molecule has 0 aliphatic heterocycles. The van der Waals surface area contributed by atoms with Crippen LogP contribution in [0.3, 0.4) is 0 Å². The van der Waals surface area contributed by atoms with Gasteiger partial charge in [-0.2, -0.15) is 0 Å². The summed E-state index contributed by atoms with van der Waals surface area (Å²) in [5.74, 6) is 0.196. The summed E-state index contributed by atoms with van der Waals surface area (Å²) in [6.07, 6.45) is 4.21. The van der Waals surface area contributed by atoms with Crippen LogP contribution in [0, 0.1) is 0 Å². The van der Waals surface area contributed by atoms with Gasteiger partial charge < -0.3 is 4.90 Å². The van der Waals surface area contributed by atoms with E-state index >= 15 is 0 Å². The number of aromatic nitrogens is 2. The second kappa shape index (κ2) is 7.27. The first-order valence-corrected chi connectivity index (χ1v) is 8.21. The first-order chi connectivity index (χ1) is 10.1. The van der Waals surface area contributed by atoms with Gasteiger partial charge in [0.2, 0.25) is 0 Å². The molecule has 1 fully saturated rings. The molecule has 1 aromatic heterocycles. The monoisotopic (exact) mass is 313 g/mol. The van der Waals surface area contributed by atoms with Crippen LogP contribution in [0.1, 0.15) is 51.0 Å². The number of hydrogen-bond acceptors (Lipinski definition) is 3. The Kier molecular flexibility index (Phi) is 5.65. The third-order valence-electron chi connectivity index (χ3n) is 4.47. The van der Waals surface area contributed by atoms with Gasteiger partial charge in [0.25, 0.3) is 5.56 Å². The predicted molar refractivity (Wildman–Crippen MR) is 85.3 cm³/mol. The summed E-state index contributed by atoms with van der Waals surface area (Å²) in [5.41, 5.74) is -0.00461. The van der Waals surface area contributed by atoms with Gasteiger partial charge >= 0.3 is 5.69 Å². The van der Waals surface area contributed by atoms with Gasteiger partial charge in [-0.15, -0.1) is 0 Å². The molecule has 0 spiro atoms. The molecule has 0 saturated heterocycles. The van der Waals surface area contributed by atoms with E-state index in [4.69, 9.17) is 11.6 Å². The molecule has 6 heteroatoms. The number of likely N-dealkylation sites (N-methyl/N-ethyl adjacent to an activating group) is 1. The van der Waals surface area contributed by atoms with Crippen molar-refractivity contribution in [3.8, 4) is 0 Å². The molecule has 1 aliphatic rings. The van der Waals surface area contributed by atoms with Crippen LogP contribution in [0.4, 0.5) is 0 Å². The van der Waals surface area contributed by atoms with Gasteiger partial charge in [-0.1, -0.05) is 38.3 Å². The lowest BCUT2D eigenvalue weighted by Gasteiger charge is -2.19. The van der Waals surface area contributed by atoms with E-state index in [9.17, 15) is 9.59 Å². The molecule has 1 saturated carbocycles. The van der Waals surface area contributed by atoms with Gasteiger partial charge in [-0.3, -0.25) is 14.3 Å². The van der Waals surface area contributed by atoms with Crippen molar-refractivity contribution in [2.75, 3.05) is 19.6 Å². The minimum absolute atomic E-state index is 0.196. The van der Waals surface area contributed by atoms with Crippen molar-refractivity contribution < 1.29 is 0 Å². The first kappa shape index (κ1) is 16.3. The van der Waals surface area contributed by atoms with Crippen LogP contribution < -0.4 is 11.2 Å². The van der Waals surface area contributed by atoms with Crippen LogP contribution in [0.2, 0.25) is 5.15 Å². The van der Waals surface area contributed by atoms with E-state index in [-0.39, 0.29) is 16.6 Å². The molecule has 1 N–H and O–H groups in total. The molecule has 0 amide bonds. The Morgan fingerprint density at radius 3 is 2.43 bits per heavy atom.